The van der Waals surface area contributed by atoms with Crippen molar-refractivity contribution in [1.82, 2.24) is 24.6 Å². The van der Waals surface area contributed by atoms with Gasteiger partial charge in [0.1, 0.15) is 43.0 Å². The molecule has 0 saturated carbocycles. The van der Waals surface area contributed by atoms with Crippen LogP contribution in [0.1, 0.15) is 17.4 Å². The maximum Gasteiger partial charge on any atom is 0.459 e. The number of nitrogens with two attached hydrogens (primary N) is 1. The van der Waals surface area contributed by atoms with Crippen LogP contribution < -0.4 is 15.3 Å². The molecule has 1 aliphatic rings. The third-order valence-electron chi connectivity index (χ3n) is 8.54. The van der Waals surface area contributed by atoms with Crippen LogP contribution in [0, 0.1) is 0 Å². The number of halogens is 1. The number of nitrogens with zero attached hydrogens (tertiary/aromatic N) is 4. The van der Waals surface area contributed by atoms with E-state index >= 15 is 0 Å². The lowest BCUT2D eigenvalue weighted by atomic mass is 10.1. The Morgan fingerprint density at radius 1 is 0.942 bits per heavy atom. The van der Waals surface area contributed by atoms with E-state index in [4.69, 9.17) is 35.9 Å². The molecule has 2 aromatic heterocycles. The predicted molar refractivity (Wildman–Crippen MR) is 192 cm³/mol. The van der Waals surface area contributed by atoms with Crippen molar-refractivity contribution in [3.63, 3.8) is 0 Å². The summed E-state index contributed by atoms with van der Waals surface area (Å²) in [6.45, 7) is -0.576. The molecule has 1 saturated heterocycles. The van der Waals surface area contributed by atoms with Gasteiger partial charge in [-0.25, -0.2) is 19.5 Å². The number of hydrogen-bond acceptors (Lipinski definition) is 12. The van der Waals surface area contributed by atoms with Crippen LogP contribution in [-0.4, -0.2) is 66.7 Å². The summed E-state index contributed by atoms with van der Waals surface area (Å²) in [7, 11) is -4.53. The Hall–Kier alpha value is -4.92. The molecule has 7 rings (SSSR count). The highest BCUT2D eigenvalue weighted by Crippen LogP contribution is 2.48. The largest absolute Gasteiger partial charge is 0.460 e. The molecule has 6 aromatic rings. The monoisotopic (exact) mass is 744 g/mol. The highest BCUT2D eigenvalue weighted by atomic mass is 35.5. The van der Waals surface area contributed by atoms with Crippen molar-refractivity contribution >= 4 is 53.1 Å². The first-order valence-electron chi connectivity index (χ1n) is 16.3. The van der Waals surface area contributed by atoms with Crippen molar-refractivity contribution in [2.45, 2.75) is 43.6 Å². The average molecular weight is 745 g/mol. The van der Waals surface area contributed by atoms with Crippen molar-refractivity contribution in [2.24, 2.45) is 0 Å². The Morgan fingerprint density at radius 3 is 2.40 bits per heavy atom. The molecule has 6 atom stereocenters. The smallest absolute Gasteiger partial charge is 0.459 e. The molecule has 268 valence electrons. The van der Waals surface area contributed by atoms with Crippen molar-refractivity contribution in [2.75, 3.05) is 12.3 Å². The molecule has 52 heavy (non-hydrogen) atoms. The summed E-state index contributed by atoms with van der Waals surface area (Å²) in [5, 5.41) is 26.3. The normalized spacial score (nSPS) is 20.4. The SMILES string of the molecule is Nc1ncnc2c1nc(Cl)n2[C@@H]1O[C@H](COP(=O)(N[C@@H](Cc2ccccc2)C(=O)OCc2ccccc2)Oc2cccc3ccccc23)[C@H](O)C1O. The Kier molecular flexibility index (Phi) is 10.5. The lowest BCUT2D eigenvalue weighted by molar-refractivity contribution is -0.147. The number of aliphatic hydroxyl groups excluding tert-OH is 2. The highest BCUT2D eigenvalue weighted by molar-refractivity contribution is 7.52. The van der Waals surface area contributed by atoms with Gasteiger partial charge in [-0.1, -0.05) is 97.1 Å². The summed E-state index contributed by atoms with van der Waals surface area (Å²) in [5.74, 6) is -0.429. The van der Waals surface area contributed by atoms with Gasteiger partial charge in [0.2, 0.25) is 5.28 Å². The van der Waals surface area contributed by atoms with Gasteiger partial charge in [-0.15, -0.1) is 0 Å². The zero-order chi connectivity index (χ0) is 36.2. The van der Waals surface area contributed by atoms with Crippen LogP contribution in [0.15, 0.2) is 109 Å². The summed E-state index contributed by atoms with van der Waals surface area (Å²) >= 11 is 6.39. The Labute approximate surface area is 302 Å². The molecule has 0 spiro atoms. The van der Waals surface area contributed by atoms with Gasteiger partial charge in [0.15, 0.2) is 23.2 Å². The van der Waals surface area contributed by atoms with E-state index in [1.807, 2.05) is 78.9 Å². The van der Waals surface area contributed by atoms with Crippen molar-refractivity contribution in [3.8, 4) is 5.75 Å². The zero-order valence-electron chi connectivity index (χ0n) is 27.4. The topological polar surface area (TPSA) is 193 Å². The summed E-state index contributed by atoms with van der Waals surface area (Å²) in [6, 6.07) is 29.6. The number of ether oxygens (including phenoxy) is 2. The quantitative estimate of drug-likeness (QED) is 0.0704. The molecule has 4 aromatic carbocycles. The van der Waals surface area contributed by atoms with Gasteiger partial charge in [-0.05, 0) is 40.6 Å². The number of anilines is 1. The molecule has 5 N–H and O–H groups in total. The van der Waals surface area contributed by atoms with Crippen LogP contribution in [0.2, 0.25) is 5.28 Å². The number of benzene rings is 4. The zero-order valence-corrected chi connectivity index (χ0v) is 29.1. The average Bonchev–Trinajstić information content (AvgIpc) is 3.64. The van der Waals surface area contributed by atoms with Gasteiger partial charge >= 0.3 is 13.7 Å². The lowest BCUT2D eigenvalue weighted by Crippen LogP contribution is -2.40. The van der Waals surface area contributed by atoms with E-state index in [2.05, 4.69) is 20.0 Å². The number of fused-ring (bicyclic) bond motifs is 2. The van der Waals surface area contributed by atoms with E-state index in [9.17, 15) is 19.6 Å². The lowest BCUT2D eigenvalue weighted by Gasteiger charge is -2.26. The van der Waals surface area contributed by atoms with E-state index in [0.29, 0.717) is 5.39 Å². The molecule has 0 bridgehead atoms. The fraction of sp³-hybridized carbons (Fsp3) is 0.222. The fourth-order valence-electron chi connectivity index (χ4n) is 5.92. The molecular formula is C36H34ClN6O8P. The van der Waals surface area contributed by atoms with Gasteiger partial charge < -0.3 is 29.9 Å². The second-order valence-corrected chi connectivity index (χ2v) is 14.1. The maximum atomic E-state index is 14.9. The number of esters is 1. The summed E-state index contributed by atoms with van der Waals surface area (Å²) < 4.78 is 40.0. The maximum absolute atomic E-state index is 14.9. The first-order chi connectivity index (χ1) is 25.2. The number of carbonyl (C=O) groups is 1. The van der Waals surface area contributed by atoms with Crippen LogP contribution in [0.3, 0.4) is 0 Å². The number of nitrogens with one attached hydrogen (secondary N) is 1. The minimum atomic E-state index is -4.53. The number of aliphatic hydroxyl groups is 2. The van der Waals surface area contributed by atoms with Crippen molar-refractivity contribution < 1.29 is 38.1 Å². The minimum absolute atomic E-state index is 0.0224. The van der Waals surface area contributed by atoms with Gasteiger partial charge in [-0.2, -0.15) is 5.09 Å². The van der Waals surface area contributed by atoms with E-state index in [0.717, 1.165) is 16.5 Å². The highest BCUT2D eigenvalue weighted by Gasteiger charge is 2.47. The predicted octanol–water partition coefficient (Wildman–Crippen LogP) is 4.98. The van der Waals surface area contributed by atoms with Gasteiger partial charge in [-0.3, -0.25) is 13.9 Å². The van der Waals surface area contributed by atoms with E-state index in [1.54, 1.807) is 24.3 Å². The van der Waals surface area contributed by atoms with Crippen LogP contribution in [0.25, 0.3) is 21.9 Å². The minimum Gasteiger partial charge on any atom is -0.460 e. The molecule has 0 amide bonds. The van der Waals surface area contributed by atoms with E-state index in [1.165, 1.54) is 10.9 Å². The first-order valence-corrected chi connectivity index (χ1v) is 18.2. The molecule has 0 aliphatic carbocycles. The molecule has 16 heteroatoms. The molecule has 2 unspecified atom stereocenters. The van der Waals surface area contributed by atoms with E-state index < -0.39 is 50.9 Å². The molecule has 1 fully saturated rings. The van der Waals surface area contributed by atoms with Gasteiger partial charge in [0, 0.05) is 5.39 Å². The number of aromatic nitrogens is 4. The van der Waals surface area contributed by atoms with E-state index in [-0.39, 0.29) is 41.0 Å². The van der Waals surface area contributed by atoms with Crippen LogP contribution >= 0.6 is 19.3 Å². The number of imidazole rings is 1. The number of carbonyl (C=O) groups excluding carboxylic acids is 1. The second-order valence-electron chi connectivity index (χ2n) is 12.1. The molecule has 3 heterocycles. The third kappa shape index (κ3) is 7.64. The Morgan fingerprint density at radius 2 is 1.63 bits per heavy atom. The summed E-state index contributed by atoms with van der Waals surface area (Å²) in [5.41, 5.74) is 7.80. The molecular weight excluding hydrogens is 711 g/mol. The third-order valence-corrected chi connectivity index (χ3v) is 10.4. The van der Waals surface area contributed by atoms with Gasteiger partial charge in [0.25, 0.3) is 0 Å². The summed E-state index contributed by atoms with van der Waals surface area (Å²) in [6.07, 6.45) is -4.34. The van der Waals surface area contributed by atoms with Crippen molar-refractivity contribution in [3.05, 3.63) is 126 Å². The van der Waals surface area contributed by atoms with Crippen LogP contribution in [-0.2, 0) is 36.4 Å². The molecule has 0 radical (unpaired) electrons. The van der Waals surface area contributed by atoms with Crippen molar-refractivity contribution in [1.29, 1.82) is 0 Å². The number of rotatable bonds is 13. The summed E-state index contributed by atoms with van der Waals surface area (Å²) in [4.78, 5) is 26.0. The molecule has 1 aliphatic heterocycles. The Bertz CT molecular complexity index is 2220. The number of hydrogen-bond donors (Lipinski definition) is 4. The Balaban J connectivity index is 1.18. The van der Waals surface area contributed by atoms with Crippen LogP contribution in [0.5, 0.6) is 5.75 Å². The first kappa shape index (κ1) is 35.5. The second kappa shape index (κ2) is 15.4. The van der Waals surface area contributed by atoms with Crippen LogP contribution in [0.4, 0.5) is 5.82 Å². The van der Waals surface area contributed by atoms with Gasteiger partial charge in [0.05, 0.1) is 6.61 Å². The number of nitrogen functional groups attached to an aromatic ring is 1. The standard InChI is InChI=1S/C36H34ClN6O8P/c37-36-41-29-32(38)39-21-40-33(29)43(36)34-31(45)30(44)28(50-34)20-49-52(47,51-27-17-9-15-24-14-7-8-16-25(24)27)42-26(18-22-10-3-1-4-11-22)35(46)48-19-23-12-5-2-6-13-23/h1-17,21,26,28,30-31,34,44-45H,18-20H2,(H,42,47)(H2,38,39,40)/t26-,28+,30-,31?,34+,52?/m0/s1. The fourth-order valence-corrected chi connectivity index (χ4v) is 7.70. The molecule has 14 nitrogen and oxygen atoms in total.